The van der Waals surface area contributed by atoms with Crippen LogP contribution in [0.3, 0.4) is 0 Å². The molecule has 0 aromatic heterocycles. The zero-order chi connectivity index (χ0) is 6.69. The van der Waals surface area contributed by atoms with E-state index in [0.29, 0.717) is 0 Å². The molecule has 2 heteroatoms. The molecule has 0 aliphatic heterocycles. The number of aliphatic hydroxyl groups excluding tert-OH is 1. The Balaban J connectivity index is 1.90. The van der Waals surface area contributed by atoms with Gasteiger partial charge in [-0.1, -0.05) is 12.8 Å². The zero-order valence-corrected chi connectivity index (χ0v) is 5.71. The van der Waals surface area contributed by atoms with E-state index in [1.807, 2.05) is 0 Å². The number of nitrogens with two attached hydrogens (primary N) is 1. The summed E-state index contributed by atoms with van der Waals surface area (Å²) in [5.41, 5.74) is 5.50. The van der Waals surface area contributed by atoms with Crippen molar-refractivity contribution < 1.29 is 5.11 Å². The highest BCUT2D eigenvalue weighted by Gasteiger charge is 2.21. The molecule has 9 heavy (non-hydrogen) atoms. The third-order valence-electron chi connectivity index (χ3n) is 1.88. The third kappa shape index (κ3) is 2.82. The minimum absolute atomic E-state index is 0.0330. The van der Waals surface area contributed by atoms with Crippen molar-refractivity contribution >= 4 is 0 Å². The second-order valence-corrected chi connectivity index (χ2v) is 2.96. The second kappa shape index (κ2) is 3.18. The molecule has 0 radical (unpaired) electrons. The Bertz CT molecular complexity index is 81.0. The van der Waals surface area contributed by atoms with E-state index in [2.05, 4.69) is 0 Å². The molecule has 0 spiro atoms. The van der Waals surface area contributed by atoms with Crippen molar-refractivity contribution in [1.29, 1.82) is 0 Å². The zero-order valence-electron chi connectivity index (χ0n) is 5.71. The highest BCUT2D eigenvalue weighted by molar-refractivity contribution is 4.74. The lowest BCUT2D eigenvalue weighted by Crippen LogP contribution is -2.24. The van der Waals surface area contributed by atoms with Crippen LogP contribution < -0.4 is 5.73 Å². The van der Waals surface area contributed by atoms with Crippen LogP contribution in [-0.2, 0) is 0 Å². The quantitative estimate of drug-likeness (QED) is 0.580. The fourth-order valence-corrected chi connectivity index (χ4v) is 0.948. The number of hydrogen-bond acceptors (Lipinski definition) is 2. The summed E-state index contributed by atoms with van der Waals surface area (Å²) in [6.07, 6.45) is 5.00. The van der Waals surface area contributed by atoms with Crippen molar-refractivity contribution in [3.05, 3.63) is 0 Å². The standard InChI is InChI=1S/C7H15NO/c8-7(5-9)4-3-6-1-2-6/h6-7,9H,1-5,8H2/t7-/m1/s1. The van der Waals surface area contributed by atoms with Gasteiger partial charge in [-0.15, -0.1) is 0 Å². The van der Waals surface area contributed by atoms with Crippen LogP contribution >= 0.6 is 0 Å². The van der Waals surface area contributed by atoms with Gasteiger partial charge in [-0.2, -0.15) is 0 Å². The Morgan fingerprint density at radius 2 is 2.22 bits per heavy atom. The Morgan fingerprint density at radius 3 is 2.67 bits per heavy atom. The van der Waals surface area contributed by atoms with Gasteiger partial charge in [0.25, 0.3) is 0 Å². The second-order valence-electron chi connectivity index (χ2n) is 2.96. The van der Waals surface area contributed by atoms with E-state index in [4.69, 9.17) is 10.8 Å². The van der Waals surface area contributed by atoms with Crippen LogP contribution in [0.15, 0.2) is 0 Å². The third-order valence-corrected chi connectivity index (χ3v) is 1.88. The van der Waals surface area contributed by atoms with Crippen LogP contribution in [0.4, 0.5) is 0 Å². The average molecular weight is 129 g/mol. The molecule has 1 fully saturated rings. The first-order valence-electron chi connectivity index (χ1n) is 3.69. The molecule has 0 bridgehead atoms. The largest absolute Gasteiger partial charge is 0.395 e. The SMILES string of the molecule is N[C@@H](CO)CCC1CC1. The lowest BCUT2D eigenvalue weighted by molar-refractivity contribution is 0.257. The summed E-state index contributed by atoms with van der Waals surface area (Å²) in [5, 5.41) is 8.54. The molecule has 1 aliphatic rings. The summed E-state index contributed by atoms with van der Waals surface area (Å²) < 4.78 is 0. The molecule has 1 aliphatic carbocycles. The molecule has 0 saturated heterocycles. The molecule has 1 atom stereocenters. The lowest BCUT2D eigenvalue weighted by atomic mass is 10.1. The van der Waals surface area contributed by atoms with E-state index in [9.17, 15) is 0 Å². The van der Waals surface area contributed by atoms with Crippen molar-refractivity contribution in [2.24, 2.45) is 11.7 Å². The minimum Gasteiger partial charge on any atom is -0.395 e. The summed E-state index contributed by atoms with van der Waals surface area (Å²) in [5.74, 6) is 0.947. The van der Waals surface area contributed by atoms with Crippen LogP contribution in [0.5, 0.6) is 0 Å². The van der Waals surface area contributed by atoms with Crippen molar-refractivity contribution in [2.75, 3.05) is 6.61 Å². The predicted octanol–water partition coefficient (Wildman–Crippen LogP) is 0.496. The summed E-state index contributed by atoms with van der Waals surface area (Å²) in [7, 11) is 0. The maximum atomic E-state index is 8.54. The molecular weight excluding hydrogens is 114 g/mol. The summed E-state index contributed by atoms with van der Waals surface area (Å²) in [4.78, 5) is 0. The monoisotopic (exact) mass is 129 g/mol. The summed E-state index contributed by atoms with van der Waals surface area (Å²) in [6.45, 7) is 0.146. The van der Waals surface area contributed by atoms with Crippen molar-refractivity contribution in [3.63, 3.8) is 0 Å². The minimum atomic E-state index is 0.0330. The first-order chi connectivity index (χ1) is 4.33. The predicted molar refractivity (Wildman–Crippen MR) is 37.0 cm³/mol. The molecule has 3 N–H and O–H groups in total. The molecule has 0 aromatic carbocycles. The van der Waals surface area contributed by atoms with Crippen molar-refractivity contribution in [2.45, 2.75) is 31.7 Å². The molecule has 1 saturated carbocycles. The Morgan fingerprint density at radius 1 is 1.56 bits per heavy atom. The van der Waals surface area contributed by atoms with Gasteiger partial charge in [-0.25, -0.2) is 0 Å². The molecule has 2 nitrogen and oxygen atoms in total. The molecule has 0 aromatic rings. The van der Waals surface area contributed by atoms with E-state index in [1.54, 1.807) is 0 Å². The van der Waals surface area contributed by atoms with Crippen LogP contribution in [0.25, 0.3) is 0 Å². The summed E-state index contributed by atoms with van der Waals surface area (Å²) in [6, 6.07) is 0.0330. The normalized spacial score (nSPS) is 22.0. The van der Waals surface area contributed by atoms with Crippen LogP contribution in [0.1, 0.15) is 25.7 Å². The number of aliphatic hydroxyl groups is 1. The van der Waals surface area contributed by atoms with Crippen LogP contribution in [-0.4, -0.2) is 17.8 Å². The summed E-state index contributed by atoms with van der Waals surface area (Å²) >= 11 is 0. The molecule has 0 amide bonds. The van der Waals surface area contributed by atoms with E-state index in [0.717, 1.165) is 12.3 Å². The lowest BCUT2D eigenvalue weighted by Gasteiger charge is -2.05. The fraction of sp³-hybridized carbons (Fsp3) is 1.00. The van der Waals surface area contributed by atoms with Gasteiger partial charge in [0.05, 0.1) is 6.61 Å². The Labute approximate surface area is 56.1 Å². The first-order valence-corrected chi connectivity index (χ1v) is 3.69. The number of rotatable bonds is 4. The first kappa shape index (κ1) is 7.03. The molecule has 54 valence electrons. The van der Waals surface area contributed by atoms with Gasteiger partial charge in [0, 0.05) is 6.04 Å². The van der Waals surface area contributed by atoms with E-state index in [-0.39, 0.29) is 12.6 Å². The topological polar surface area (TPSA) is 46.2 Å². The highest BCUT2D eigenvalue weighted by atomic mass is 16.3. The van der Waals surface area contributed by atoms with E-state index in [1.165, 1.54) is 19.3 Å². The molecule has 1 rings (SSSR count). The molecular formula is C7H15NO. The van der Waals surface area contributed by atoms with Crippen LogP contribution in [0, 0.1) is 5.92 Å². The average Bonchev–Trinajstić information content (AvgIpc) is 2.65. The van der Waals surface area contributed by atoms with Gasteiger partial charge in [-0.05, 0) is 18.8 Å². The van der Waals surface area contributed by atoms with Gasteiger partial charge in [0.1, 0.15) is 0 Å². The Hall–Kier alpha value is -0.0800. The van der Waals surface area contributed by atoms with Gasteiger partial charge in [-0.3, -0.25) is 0 Å². The maximum absolute atomic E-state index is 8.54. The van der Waals surface area contributed by atoms with E-state index >= 15 is 0 Å². The molecule has 0 unspecified atom stereocenters. The Kier molecular flexibility index (Phi) is 2.49. The highest BCUT2D eigenvalue weighted by Crippen LogP contribution is 2.33. The van der Waals surface area contributed by atoms with Gasteiger partial charge in [0.15, 0.2) is 0 Å². The van der Waals surface area contributed by atoms with Gasteiger partial charge >= 0.3 is 0 Å². The van der Waals surface area contributed by atoms with Crippen LogP contribution in [0.2, 0.25) is 0 Å². The smallest absolute Gasteiger partial charge is 0.0582 e. The van der Waals surface area contributed by atoms with Crippen molar-refractivity contribution in [3.8, 4) is 0 Å². The fourth-order valence-electron chi connectivity index (χ4n) is 0.948. The van der Waals surface area contributed by atoms with Crippen molar-refractivity contribution in [1.82, 2.24) is 0 Å². The maximum Gasteiger partial charge on any atom is 0.0582 e. The number of hydrogen-bond donors (Lipinski definition) is 2. The van der Waals surface area contributed by atoms with Gasteiger partial charge in [0.2, 0.25) is 0 Å². The molecule has 0 heterocycles. The van der Waals surface area contributed by atoms with Gasteiger partial charge < -0.3 is 10.8 Å². The van der Waals surface area contributed by atoms with E-state index < -0.39 is 0 Å².